The number of para-hydroxylation sites is 1. The van der Waals surface area contributed by atoms with E-state index in [1.807, 2.05) is 6.07 Å². The summed E-state index contributed by atoms with van der Waals surface area (Å²) in [5.41, 5.74) is 3.09. The molecule has 5 nitrogen and oxygen atoms in total. The zero-order chi connectivity index (χ0) is 17.4. The SMILES string of the molecule is Cc1cccc(CN(CC2=NS(=O)(=O)c3ccccc3N2)C2CC2)c1. The molecule has 0 aromatic heterocycles. The maximum absolute atomic E-state index is 12.4. The summed E-state index contributed by atoms with van der Waals surface area (Å²) in [4.78, 5) is 2.56. The third-order valence-electron chi connectivity index (χ3n) is 4.56. The molecule has 0 radical (unpaired) electrons. The highest BCUT2D eigenvalue weighted by molar-refractivity contribution is 7.90. The number of rotatable bonds is 5. The van der Waals surface area contributed by atoms with Crippen LogP contribution in [0.5, 0.6) is 0 Å². The molecule has 2 aromatic carbocycles. The second kappa shape index (κ2) is 6.28. The molecule has 1 aliphatic heterocycles. The van der Waals surface area contributed by atoms with Crippen LogP contribution in [0.4, 0.5) is 5.69 Å². The normalized spacial score (nSPS) is 18.4. The maximum Gasteiger partial charge on any atom is 0.286 e. The van der Waals surface area contributed by atoms with Crippen LogP contribution in [0.3, 0.4) is 0 Å². The van der Waals surface area contributed by atoms with Crippen molar-refractivity contribution in [2.45, 2.75) is 37.2 Å². The Bertz CT molecular complexity index is 933. The predicted octanol–water partition coefficient (Wildman–Crippen LogP) is 3.17. The van der Waals surface area contributed by atoms with Crippen LogP contribution < -0.4 is 5.32 Å². The van der Waals surface area contributed by atoms with Gasteiger partial charge in [-0.05, 0) is 37.5 Å². The van der Waals surface area contributed by atoms with Gasteiger partial charge >= 0.3 is 0 Å². The Labute approximate surface area is 148 Å². The van der Waals surface area contributed by atoms with Crippen molar-refractivity contribution >= 4 is 21.5 Å². The monoisotopic (exact) mass is 355 g/mol. The fourth-order valence-electron chi connectivity index (χ4n) is 3.23. The minimum absolute atomic E-state index is 0.246. The average Bonchev–Trinajstić information content (AvgIpc) is 3.39. The zero-order valence-electron chi connectivity index (χ0n) is 14.1. The van der Waals surface area contributed by atoms with Gasteiger partial charge < -0.3 is 5.32 Å². The molecule has 1 N–H and O–H groups in total. The summed E-state index contributed by atoms with van der Waals surface area (Å²) >= 11 is 0. The van der Waals surface area contributed by atoms with E-state index >= 15 is 0 Å². The van der Waals surface area contributed by atoms with Crippen LogP contribution in [0.2, 0.25) is 0 Å². The number of hydrogen-bond donors (Lipinski definition) is 1. The van der Waals surface area contributed by atoms with E-state index in [1.54, 1.807) is 18.2 Å². The zero-order valence-corrected chi connectivity index (χ0v) is 15.0. The second-order valence-corrected chi connectivity index (χ2v) is 8.33. The summed E-state index contributed by atoms with van der Waals surface area (Å²) in [7, 11) is -3.62. The molecule has 6 heteroatoms. The van der Waals surface area contributed by atoms with Crippen LogP contribution in [0.25, 0.3) is 0 Å². The molecule has 1 saturated carbocycles. The number of aryl methyl sites for hydroxylation is 1. The van der Waals surface area contributed by atoms with Crippen molar-refractivity contribution in [3.63, 3.8) is 0 Å². The summed E-state index contributed by atoms with van der Waals surface area (Å²) in [6.07, 6.45) is 2.31. The van der Waals surface area contributed by atoms with E-state index in [0.29, 0.717) is 24.1 Å². The maximum atomic E-state index is 12.4. The van der Waals surface area contributed by atoms with Crippen LogP contribution in [-0.2, 0) is 16.6 Å². The van der Waals surface area contributed by atoms with Crippen LogP contribution in [0.15, 0.2) is 57.8 Å². The van der Waals surface area contributed by atoms with Crippen molar-refractivity contribution in [3.05, 3.63) is 59.7 Å². The minimum atomic E-state index is -3.62. The molecule has 0 atom stereocenters. The molecule has 1 heterocycles. The van der Waals surface area contributed by atoms with Gasteiger partial charge in [-0.3, -0.25) is 4.90 Å². The predicted molar refractivity (Wildman–Crippen MR) is 99.3 cm³/mol. The lowest BCUT2D eigenvalue weighted by Gasteiger charge is -2.25. The molecule has 0 bridgehead atoms. The van der Waals surface area contributed by atoms with Gasteiger partial charge in [0.15, 0.2) is 0 Å². The smallest absolute Gasteiger partial charge is 0.286 e. The van der Waals surface area contributed by atoms with Gasteiger partial charge in [0, 0.05) is 12.6 Å². The topological polar surface area (TPSA) is 61.8 Å². The van der Waals surface area contributed by atoms with Crippen LogP contribution in [0.1, 0.15) is 24.0 Å². The molecule has 1 fully saturated rings. The molecule has 4 rings (SSSR count). The Morgan fingerprint density at radius 1 is 1.12 bits per heavy atom. The van der Waals surface area contributed by atoms with Gasteiger partial charge in [0.25, 0.3) is 10.0 Å². The molecule has 1 aliphatic carbocycles. The molecule has 2 aromatic rings. The van der Waals surface area contributed by atoms with E-state index in [9.17, 15) is 8.42 Å². The number of benzene rings is 2. The number of amidine groups is 1. The number of anilines is 1. The van der Waals surface area contributed by atoms with Crippen molar-refractivity contribution in [1.29, 1.82) is 0 Å². The minimum Gasteiger partial charge on any atom is -0.341 e. The summed E-state index contributed by atoms with van der Waals surface area (Å²) in [5, 5.41) is 3.19. The average molecular weight is 355 g/mol. The lowest BCUT2D eigenvalue weighted by molar-refractivity contribution is 0.292. The standard InChI is InChI=1S/C19H21N3O2S/c1-14-5-4-6-15(11-14)12-22(16-9-10-16)13-19-20-17-7-2-3-8-18(17)25(23,24)21-19/h2-8,11,16H,9-10,12-13H2,1H3,(H,20,21). The first kappa shape index (κ1) is 16.3. The summed E-state index contributed by atoms with van der Waals surface area (Å²) in [6, 6.07) is 15.9. The third-order valence-corrected chi connectivity index (χ3v) is 5.93. The van der Waals surface area contributed by atoms with Crippen LogP contribution >= 0.6 is 0 Å². The molecule has 0 spiro atoms. The molecule has 0 unspecified atom stereocenters. The van der Waals surface area contributed by atoms with Crippen molar-refractivity contribution in [2.75, 3.05) is 11.9 Å². The molecule has 130 valence electrons. The second-order valence-electron chi connectivity index (χ2n) is 6.76. The van der Waals surface area contributed by atoms with E-state index in [4.69, 9.17) is 0 Å². The molecule has 0 amide bonds. The van der Waals surface area contributed by atoms with Gasteiger partial charge in [0.1, 0.15) is 10.7 Å². The number of hydrogen-bond acceptors (Lipinski definition) is 4. The van der Waals surface area contributed by atoms with E-state index in [2.05, 4.69) is 45.8 Å². The van der Waals surface area contributed by atoms with Gasteiger partial charge in [0.05, 0.1) is 12.2 Å². The first-order valence-corrected chi connectivity index (χ1v) is 9.95. The molecular weight excluding hydrogens is 334 g/mol. The molecule has 25 heavy (non-hydrogen) atoms. The third kappa shape index (κ3) is 3.60. The highest BCUT2D eigenvalue weighted by Crippen LogP contribution is 2.30. The Morgan fingerprint density at radius 3 is 2.68 bits per heavy atom. The van der Waals surface area contributed by atoms with Gasteiger partial charge in [-0.1, -0.05) is 42.0 Å². The summed E-state index contributed by atoms with van der Waals surface area (Å²) in [6.45, 7) is 3.39. The fraction of sp³-hybridized carbons (Fsp3) is 0.316. The van der Waals surface area contributed by atoms with Gasteiger partial charge in [-0.15, -0.1) is 4.40 Å². The molecule has 0 saturated heterocycles. The number of nitrogens with zero attached hydrogens (tertiary/aromatic N) is 2. The van der Waals surface area contributed by atoms with Crippen molar-refractivity contribution in [3.8, 4) is 0 Å². The van der Waals surface area contributed by atoms with Crippen molar-refractivity contribution in [1.82, 2.24) is 4.90 Å². The lowest BCUT2D eigenvalue weighted by atomic mass is 10.1. The quantitative estimate of drug-likeness (QED) is 0.895. The summed E-state index contributed by atoms with van der Waals surface area (Å²) in [5.74, 6) is 0.498. The van der Waals surface area contributed by atoms with Crippen molar-refractivity contribution < 1.29 is 8.42 Å². The first-order chi connectivity index (χ1) is 12.0. The van der Waals surface area contributed by atoms with Crippen LogP contribution in [-0.4, -0.2) is 31.7 Å². The largest absolute Gasteiger partial charge is 0.341 e. The highest BCUT2D eigenvalue weighted by Gasteiger charge is 2.32. The van der Waals surface area contributed by atoms with E-state index < -0.39 is 10.0 Å². The number of fused-ring (bicyclic) bond motifs is 1. The number of nitrogens with one attached hydrogen (secondary N) is 1. The van der Waals surface area contributed by atoms with Crippen molar-refractivity contribution in [2.24, 2.45) is 4.40 Å². The lowest BCUT2D eigenvalue weighted by Crippen LogP contribution is -2.36. The highest BCUT2D eigenvalue weighted by atomic mass is 32.2. The van der Waals surface area contributed by atoms with Gasteiger partial charge in [-0.25, -0.2) is 0 Å². The Balaban J connectivity index is 1.56. The fourth-order valence-corrected chi connectivity index (χ4v) is 4.37. The molecule has 2 aliphatic rings. The van der Waals surface area contributed by atoms with E-state index in [-0.39, 0.29) is 4.90 Å². The Hall–Kier alpha value is -2.18. The Kier molecular flexibility index (Phi) is 4.09. The van der Waals surface area contributed by atoms with E-state index in [1.165, 1.54) is 11.1 Å². The number of sulfonamides is 1. The Morgan fingerprint density at radius 2 is 1.92 bits per heavy atom. The van der Waals surface area contributed by atoms with E-state index in [0.717, 1.165) is 19.4 Å². The van der Waals surface area contributed by atoms with Crippen LogP contribution in [0, 0.1) is 6.92 Å². The first-order valence-electron chi connectivity index (χ1n) is 8.51. The van der Waals surface area contributed by atoms with Gasteiger partial charge in [0.2, 0.25) is 0 Å². The summed E-state index contributed by atoms with van der Waals surface area (Å²) < 4.78 is 28.8. The van der Waals surface area contributed by atoms with Gasteiger partial charge in [-0.2, -0.15) is 8.42 Å². The molecular formula is C19H21N3O2S.